The number of hydrogen-bond acceptors (Lipinski definition) is 2. The summed E-state index contributed by atoms with van der Waals surface area (Å²) in [4.78, 5) is 14.6. The van der Waals surface area contributed by atoms with Crippen LogP contribution in [0.4, 0.5) is 5.69 Å². The van der Waals surface area contributed by atoms with E-state index in [1.54, 1.807) is 0 Å². The zero-order valence-electron chi connectivity index (χ0n) is 17.6. The van der Waals surface area contributed by atoms with Crippen LogP contribution in [-0.4, -0.2) is 25.5 Å². The van der Waals surface area contributed by atoms with Gasteiger partial charge in [-0.25, -0.2) is 0 Å². The summed E-state index contributed by atoms with van der Waals surface area (Å²) < 4.78 is 0. The molecule has 0 saturated heterocycles. The van der Waals surface area contributed by atoms with E-state index in [0.717, 1.165) is 32.5 Å². The van der Waals surface area contributed by atoms with E-state index in [-0.39, 0.29) is 11.3 Å². The first-order chi connectivity index (χ1) is 13.4. The van der Waals surface area contributed by atoms with Crippen molar-refractivity contribution in [3.8, 4) is 0 Å². The number of nitrogens with zero attached hydrogens (tertiary/aromatic N) is 1. The normalized spacial score (nSPS) is 13.9. The third-order valence-corrected chi connectivity index (χ3v) is 5.59. The molecular weight excluding hydrogens is 344 g/mol. The second-order valence-corrected chi connectivity index (χ2v) is 8.87. The zero-order valence-corrected chi connectivity index (χ0v) is 17.6. The molecule has 1 aliphatic heterocycles. The van der Waals surface area contributed by atoms with Crippen molar-refractivity contribution < 1.29 is 4.79 Å². The summed E-state index contributed by atoms with van der Waals surface area (Å²) in [5.74, 6) is 0.152. The van der Waals surface area contributed by atoms with E-state index in [9.17, 15) is 4.79 Å². The smallest absolute Gasteiger partial charge is 0.220 e. The maximum Gasteiger partial charge on any atom is 0.220 e. The van der Waals surface area contributed by atoms with Gasteiger partial charge in [0.25, 0.3) is 0 Å². The molecule has 3 heteroatoms. The first-order valence-corrected chi connectivity index (χ1v) is 10.6. The molecule has 1 N–H and O–H groups in total. The van der Waals surface area contributed by atoms with Crippen LogP contribution < -0.4 is 10.2 Å². The molecule has 0 saturated carbocycles. The molecule has 0 radical (unpaired) electrons. The number of nitrogens with one attached hydrogen (secondary N) is 1. The quantitative estimate of drug-likeness (QED) is 0.697. The number of anilines is 1. The molecule has 0 atom stereocenters. The molecule has 3 nitrogen and oxygen atoms in total. The van der Waals surface area contributed by atoms with Gasteiger partial charge in [0.2, 0.25) is 5.91 Å². The fourth-order valence-corrected chi connectivity index (χ4v) is 3.86. The lowest BCUT2D eigenvalue weighted by atomic mass is 9.86. The minimum Gasteiger partial charge on any atom is -0.371 e. The van der Waals surface area contributed by atoms with Gasteiger partial charge in [0.05, 0.1) is 0 Å². The van der Waals surface area contributed by atoms with E-state index in [4.69, 9.17) is 0 Å². The molecule has 2 aromatic carbocycles. The largest absolute Gasteiger partial charge is 0.371 e. The lowest BCUT2D eigenvalue weighted by Crippen LogP contribution is -2.33. The Kier molecular flexibility index (Phi) is 6.77. The molecule has 0 bridgehead atoms. The molecule has 3 rings (SSSR count). The lowest BCUT2D eigenvalue weighted by Gasteiger charge is -2.31. The Hall–Kier alpha value is -2.29. The number of carbonyl (C=O) groups excluding carboxylic acids is 1. The Labute approximate surface area is 170 Å². The number of para-hydroxylation sites is 1. The van der Waals surface area contributed by atoms with Crippen LogP contribution in [-0.2, 0) is 23.1 Å². The molecule has 0 aliphatic carbocycles. The number of rotatable bonds is 7. The van der Waals surface area contributed by atoms with Gasteiger partial charge in [-0.05, 0) is 53.9 Å². The second-order valence-electron chi connectivity index (χ2n) is 8.87. The van der Waals surface area contributed by atoms with Crippen LogP contribution in [0, 0.1) is 0 Å². The van der Waals surface area contributed by atoms with Crippen LogP contribution in [0.3, 0.4) is 0 Å². The van der Waals surface area contributed by atoms with Gasteiger partial charge in [-0.15, -0.1) is 0 Å². The molecule has 1 amide bonds. The maximum atomic E-state index is 12.2. The molecule has 0 aromatic heterocycles. The summed E-state index contributed by atoms with van der Waals surface area (Å²) in [6.45, 7) is 9.54. The van der Waals surface area contributed by atoms with Crippen molar-refractivity contribution in [3.63, 3.8) is 0 Å². The number of aryl methyl sites for hydroxylation is 2. The number of benzene rings is 2. The third-order valence-electron chi connectivity index (χ3n) is 5.59. The Morgan fingerprint density at radius 2 is 1.82 bits per heavy atom. The Morgan fingerprint density at radius 1 is 1.07 bits per heavy atom. The van der Waals surface area contributed by atoms with E-state index in [1.165, 1.54) is 35.2 Å². The summed E-state index contributed by atoms with van der Waals surface area (Å²) in [5, 5.41) is 3.09. The lowest BCUT2D eigenvalue weighted by molar-refractivity contribution is -0.121. The van der Waals surface area contributed by atoms with Crippen LogP contribution in [0.5, 0.6) is 0 Å². The molecular formula is C25H34N2O. The van der Waals surface area contributed by atoms with Crippen molar-refractivity contribution in [1.82, 2.24) is 5.32 Å². The second kappa shape index (κ2) is 9.27. The van der Waals surface area contributed by atoms with Gasteiger partial charge >= 0.3 is 0 Å². The predicted octanol–water partition coefficient (Wildman–Crippen LogP) is 4.88. The van der Waals surface area contributed by atoms with E-state index in [0.29, 0.717) is 6.42 Å². The highest BCUT2D eigenvalue weighted by molar-refractivity contribution is 5.76. The van der Waals surface area contributed by atoms with Crippen molar-refractivity contribution in [2.75, 3.05) is 24.5 Å². The highest BCUT2D eigenvalue weighted by atomic mass is 16.1. The SMILES string of the molecule is CC(C)(C)c1ccc(CCC(=O)NCCCN2CCCc3ccccc32)cc1. The van der Waals surface area contributed by atoms with Crippen molar-refractivity contribution in [1.29, 1.82) is 0 Å². The van der Waals surface area contributed by atoms with Crippen molar-refractivity contribution >= 4 is 11.6 Å². The molecule has 1 aliphatic rings. The van der Waals surface area contributed by atoms with Crippen LogP contribution in [0.2, 0.25) is 0 Å². The van der Waals surface area contributed by atoms with E-state index >= 15 is 0 Å². The molecule has 2 aromatic rings. The fourth-order valence-electron chi connectivity index (χ4n) is 3.86. The van der Waals surface area contributed by atoms with Gasteiger partial charge < -0.3 is 10.2 Å². The summed E-state index contributed by atoms with van der Waals surface area (Å²) in [6.07, 6.45) is 4.75. The molecule has 1 heterocycles. The number of hydrogen-bond donors (Lipinski definition) is 1. The average Bonchev–Trinajstić information content (AvgIpc) is 2.69. The minimum atomic E-state index is 0.152. The zero-order chi connectivity index (χ0) is 20.0. The van der Waals surface area contributed by atoms with Gasteiger partial charge in [-0.1, -0.05) is 63.2 Å². The van der Waals surface area contributed by atoms with E-state index < -0.39 is 0 Å². The van der Waals surface area contributed by atoms with Crippen LogP contribution >= 0.6 is 0 Å². The standard InChI is InChI=1S/C25H34N2O/c1-25(2,3)22-14-11-20(12-15-22)13-16-24(28)26-17-7-19-27-18-6-9-21-8-4-5-10-23(21)27/h4-5,8,10-12,14-15H,6-7,9,13,16-19H2,1-3H3,(H,26,28). The predicted molar refractivity (Wildman–Crippen MR) is 118 cm³/mol. The average molecular weight is 379 g/mol. The molecule has 0 unspecified atom stereocenters. The van der Waals surface area contributed by atoms with Crippen molar-refractivity contribution in [2.45, 2.75) is 58.3 Å². The number of fused-ring (bicyclic) bond motifs is 1. The van der Waals surface area contributed by atoms with Crippen LogP contribution in [0.1, 0.15) is 56.7 Å². The number of amides is 1. The summed E-state index contributed by atoms with van der Waals surface area (Å²) in [5.41, 5.74) is 5.56. The monoisotopic (exact) mass is 378 g/mol. The first-order valence-electron chi connectivity index (χ1n) is 10.6. The Morgan fingerprint density at radius 3 is 2.57 bits per heavy atom. The van der Waals surface area contributed by atoms with Crippen LogP contribution in [0.15, 0.2) is 48.5 Å². The highest BCUT2D eigenvalue weighted by Crippen LogP contribution is 2.26. The fraction of sp³-hybridized carbons (Fsp3) is 0.480. The maximum absolute atomic E-state index is 12.2. The number of carbonyl (C=O) groups is 1. The summed E-state index contributed by atoms with van der Waals surface area (Å²) in [6, 6.07) is 17.4. The van der Waals surface area contributed by atoms with Gasteiger partial charge in [0.15, 0.2) is 0 Å². The minimum absolute atomic E-state index is 0.152. The Balaban J connectivity index is 1.36. The summed E-state index contributed by atoms with van der Waals surface area (Å²) in [7, 11) is 0. The third kappa shape index (κ3) is 5.60. The van der Waals surface area contributed by atoms with Gasteiger partial charge in [-0.3, -0.25) is 4.79 Å². The molecule has 0 spiro atoms. The molecule has 0 fully saturated rings. The van der Waals surface area contributed by atoms with Crippen LogP contribution in [0.25, 0.3) is 0 Å². The van der Waals surface area contributed by atoms with E-state index in [2.05, 4.69) is 79.5 Å². The Bertz CT molecular complexity index is 774. The molecule has 28 heavy (non-hydrogen) atoms. The topological polar surface area (TPSA) is 32.3 Å². The van der Waals surface area contributed by atoms with E-state index in [1.807, 2.05) is 0 Å². The van der Waals surface area contributed by atoms with Gasteiger partial charge in [0, 0.05) is 31.7 Å². The van der Waals surface area contributed by atoms with Crippen molar-refractivity contribution in [2.24, 2.45) is 0 Å². The van der Waals surface area contributed by atoms with Gasteiger partial charge in [-0.2, -0.15) is 0 Å². The van der Waals surface area contributed by atoms with Crippen molar-refractivity contribution in [3.05, 3.63) is 65.2 Å². The highest BCUT2D eigenvalue weighted by Gasteiger charge is 2.15. The van der Waals surface area contributed by atoms with Gasteiger partial charge in [0.1, 0.15) is 0 Å². The molecule has 150 valence electrons. The first kappa shape index (κ1) is 20.4. The summed E-state index contributed by atoms with van der Waals surface area (Å²) >= 11 is 0.